The first-order valence-electron chi connectivity index (χ1n) is 7.80. The third kappa shape index (κ3) is 4.54. The summed E-state index contributed by atoms with van der Waals surface area (Å²) in [5.41, 5.74) is 0. The highest BCUT2D eigenvalue weighted by molar-refractivity contribution is 5.49. The molecule has 0 bridgehead atoms. The van der Waals surface area contributed by atoms with Crippen molar-refractivity contribution in [2.45, 2.75) is 13.3 Å². The summed E-state index contributed by atoms with van der Waals surface area (Å²) in [6.45, 7) is 8.65. The quantitative estimate of drug-likeness (QED) is 0.835. The summed E-state index contributed by atoms with van der Waals surface area (Å²) in [4.78, 5) is 16.3. The second-order valence-corrected chi connectivity index (χ2v) is 5.76. The van der Waals surface area contributed by atoms with Crippen molar-refractivity contribution in [3.05, 3.63) is 11.9 Å². The number of hydrogen-bond acceptors (Lipinski definition) is 6. The molecule has 0 radical (unpaired) electrons. The second kappa shape index (κ2) is 7.56. The van der Waals surface area contributed by atoms with Gasteiger partial charge in [0.1, 0.15) is 17.5 Å². The van der Waals surface area contributed by atoms with Crippen molar-refractivity contribution in [2.24, 2.45) is 0 Å². The monoisotopic (exact) mass is 292 g/mol. The highest BCUT2D eigenvalue weighted by atomic mass is 15.3. The number of hydrogen-bond donors (Lipinski definition) is 1. The molecule has 1 aromatic heterocycles. The molecule has 1 saturated heterocycles. The van der Waals surface area contributed by atoms with Gasteiger partial charge in [-0.2, -0.15) is 0 Å². The van der Waals surface area contributed by atoms with Gasteiger partial charge in [0.15, 0.2) is 0 Å². The number of piperazine rings is 1. The SMILES string of the molecule is CCc1nc(NC)cc(N2CCN(CCN(C)C)CC2)n1. The van der Waals surface area contributed by atoms with Crippen molar-refractivity contribution >= 4 is 11.6 Å². The Bertz CT molecular complexity index is 418. The summed E-state index contributed by atoms with van der Waals surface area (Å²) in [7, 11) is 6.16. The first-order chi connectivity index (χ1) is 10.1. The zero-order chi connectivity index (χ0) is 15.2. The fraction of sp³-hybridized carbons (Fsp3) is 0.733. The van der Waals surface area contributed by atoms with E-state index in [0.29, 0.717) is 0 Å². The minimum atomic E-state index is 0.866. The van der Waals surface area contributed by atoms with Crippen molar-refractivity contribution in [2.75, 3.05) is 70.6 Å². The van der Waals surface area contributed by atoms with E-state index in [0.717, 1.165) is 63.1 Å². The molecule has 1 aliphatic heterocycles. The Morgan fingerprint density at radius 2 is 1.90 bits per heavy atom. The molecule has 1 aliphatic rings. The van der Waals surface area contributed by atoms with E-state index in [2.05, 4.69) is 57.1 Å². The molecule has 0 aliphatic carbocycles. The molecule has 0 atom stereocenters. The highest BCUT2D eigenvalue weighted by Gasteiger charge is 2.18. The molecule has 6 nitrogen and oxygen atoms in total. The third-order valence-electron chi connectivity index (χ3n) is 3.89. The molecule has 21 heavy (non-hydrogen) atoms. The lowest BCUT2D eigenvalue weighted by atomic mass is 10.3. The molecule has 0 spiro atoms. The van der Waals surface area contributed by atoms with E-state index in [-0.39, 0.29) is 0 Å². The number of rotatable bonds is 6. The van der Waals surface area contributed by atoms with Gasteiger partial charge in [-0.3, -0.25) is 4.90 Å². The fourth-order valence-corrected chi connectivity index (χ4v) is 2.47. The zero-order valence-corrected chi connectivity index (χ0v) is 13.8. The minimum Gasteiger partial charge on any atom is -0.373 e. The molecule has 0 amide bonds. The van der Waals surface area contributed by atoms with Gasteiger partial charge in [-0.1, -0.05) is 6.92 Å². The molecule has 0 aromatic carbocycles. The molecular weight excluding hydrogens is 264 g/mol. The van der Waals surface area contributed by atoms with Crippen LogP contribution in [0.4, 0.5) is 11.6 Å². The standard InChI is InChI=1S/C15H28N6/c1-5-13-17-14(16-2)12-15(18-13)21-10-8-20(9-11-21)7-6-19(3)4/h12H,5-11H2,1-4H3,(H,16,17,18). The normalized spacial score (nSPS) is 16.5. The molecule has 2 heterocycles. The number of aryl methyl sites for hydroxylation is 1. The van der Waals surface area contributed by atoms with Crippen molar-refractivity contribution in [1.82, 2.24) is 19.8 Å². The molecule has 0 saturated carbocycles. The minimum absolute atomic E-state index is 0.866. The number of likely N-dealkylation sites (N-methyl/N-ethyl adjacent to an activating group) is 1. The van der Waals surface area contributed by atoms with E-state index in [1.165, 1.54) is 0 Å². The van der Waals surface area contributed by atoms with Crippen LogP contribution in [0.15, 0.2) is 6.07 Å². The first-order valence-corrected chi connectivity index (χ1v) is 7.80. The first kappa shape index (κ1) is 16.0. The Kier molecular flexibility index (Phi) is 5.76. The highest BCUT2D eigenvalue weighted by Crippen LogP contribution is 2.17. The van der Waals surface area contributed by atoms with Crippen molar-refractivity contribution < 1.29 is 0 Å². The zero-order valence-electron chi connectivity index (χ0n) is 13.8. The van der Waals surface area contributed by atoms with Crippen LogP contribution in [0.3, 0.4) is 0 Å². The number of aromatic nitrogens is 2. The van der Waals surface area contributed by atoms with E-state index < -0.39 is 0 Å². The van der Waals surface area contributed by atoms with Crippen LogP contribution in [0.5, 0.6) is 0 Å². The Morgan fingerprint density at radius 3 is 2.48 bits per heavy atom. The molecule has 1 aromatic rings. The lowest BCUT2D eigenvalue weighted by Crippen LogP contribution is -2.48. The molecule has 6 heteroatoms. The molecular formula is C15H28N6. The number of nitrogens with one attached hydrogen (secondary N) is 1. The van der Waals surface area contributed by atoms with E-state index >= 15 is 0 Å². The summed E-state index contributed by atoms with van der Waals surface area (Å²) < 4.78 is 0. The van der Waals surface area contributed by atoms with E-state index in [9.17, 15) is 0 Å². The maximum atomic E-state index is 4.67. The van der Waals surface area contributed by atoms with Gasteiger partial charge in [0.25, 0.3) is 0 Å². The maximum absolute atomic E-state index is 4.67. The number of anilines is 2. The Labute approximate surface area is 128 Å². The van der Waals surface area contributed by atoms with Gasteiger partial charge in [-0.25, -0.2) is 9.97 Å². The van der Waals surface area contributed by atoms with E-state index in [1.807, 2.05) is 7.05 Å². The van der Waals surface area contributed by atoms with Gasteiger partial charge in [-0.15, -0.1) is 0 Å². The van der Waals surface area contributed by atoms with E-state index in [1.54, 1.807) is 0 Å². The predicted molar refractivity (Wildman–Crippen MR) is 88.2 cm³/mol. The average Bonchev–Trinajstić information content (AvgIpc) is 2.52. The molecule has 0 unspecified atom stereocenters. The van der Waals surface area contributed by atoms with Crippen molar-refractivity contribution in [3.63, 3.8) is 0 Å². The summed E-state index contributed by atoms with van der Waals surface area (Å²) >= 11 is 0. The summed E-state index contributed by atoms with van der Waals surface area (Å²) in [5, 5.41) is 3.13. The van der Waals surface area contributed by atoms with Crippen LogP contribution in [0.2, 0.25) is 0 Å². The largest absolute Gasteiger partial charge is 0.373 e. The molecule has 1 fully saturated rings. The lowest BCUT2D eigenvalue weighted by Gasteiger charge is -2.36. The summed E-state index contributed by atoms with van der Waals surface area (Å²) in [6, 6.07) is 2.05. The third-order valence-corrected chi connectivity index (χ3v) is 3.89. The molecule has 1 N–H and O–H groups in total. The maximum Gasteiger partial charge on any atom is 0.134 e. The van der Waals surface area contributed by atoms with Crippen LogP contribution in [0.1, 0.15) is 12.7 Å². The van der Waals surface area contributed by atoms with Crippen LogP contribution in [0.25, 0.3) is 0 Å². The van der Waals surface area contributed by atoms with E-state index in [4.69, 9.17) is 0 Å². The van der Waals surface area contributed by atoms with Crippen LogP contribution < -0.4 is 10.2 Å². The Hall–Kier alpha value is -1.40. The summed E-state index contributed by atoms with van der Waals surface area (Å²) in [5.74, 6) is 2.87. The second-order valence-electron chi connectivity index (χ2n) is 5.76. The molecule has 118 valence electrons. The smallest absolute Gasteiger partial charge is 0.134 e. The van der Waals surface area contributed by atoms with Crippen molar-refractivity contribution in [3.8, 4) is 0 Å². The van der Waals surface area contributed by atoms with Crippen molar-refractivity contribution in [1.29, 1.82) is 0 Å². The predicted octanol–water partition coefficient (Wildman–Crippen LogP) is 0.764. The van der Waals surface area contributed by atoms with Gasteiger partial charge < -0.3 is 15.1 Å². The van der Waals surface area contributed by atoms with Crippen LogP contribution in [-0.4, -0.2) is 80.2 Å². The van der Waals surface area contributed by atoms with Gasteiger partial charge in [0.2, 0.25) is 0 Å². The van der Waals surface area contributed by atoms with Gasteiger partial charge >= 0.3 is 0 Å². The van der Waals surface area contributed by atoms with Gasteiger partial charge in [0, 0.05) is 58.8 Å². The summed E-state index contributed by atoms with van der Waals surface area (Å²) in [6.07, 6.45) is 0.866. The Balaban J connectivity index is 1.95. The van der Waals surface area contributed by atoms with Gasteiger partial charge in [-0.05, 0) is 14.1 Å². The van der Waals surface area contributed by atoms with Gasteiger partial charge in [0.05, 0.1) is 0 Å². The van der Waals surface area contributed by atoms with Crippen LogP contribution in [-0.2, 0) is 6.42 Å². The average molecular weight is 292 g/mol. The number of nitrogens with zero attached hydrogens (tertiary/aromatic N) is 5. The van der Waals surface area contributed by atoms with Crippen LogP contribution in [0, 0.1) is 0 Å². The fourth-order valence-electron chi connectivity index (χ4n) is 2.47. The Morgan fingerprint density at radius 1 is 1.19 bits per heavy atom. The lowest BCUT2D eigenvalue weighted by molar-refractivity contribution is 0.229. The topological polar surface area (TPSA) is 47.5 Å². The molecule has 2 rings (SSSR count). The van der Waals surface area contributed by atoms with Crippen LogP contribution >= 0.6 is 0 Å².